The van der Waals surface area contributed by atoms with Gasteiger partial charge in [-0.3, -0.25) is 0 Å². The Balaban J connectivity index is 1.98. The molecule has 0 unspecified atom stereocenters. The lowest BCUT2D eigenvalue weighted by Gasteiger charge is -2.31. The molecule has 0 saturated carbocycles. The van der Waals surface area contributed by atoms with Crippen LogP contribution in [-0.4, -0.2) is 8.07 Å². The van der Waals surface area contributed by atoms with Gasteiger partial charge in [0.15, 0.2) is 8.07 Å². The van der Waals surface area contributed by atoms with E-state index in [4.69, 9.17) is 5.73 Å². The van der Waals surface area contributed by atoms with E-state index in [0.29, 0.717) is 0 Å². The van der Waals surface area contributed by atoms with E-state index < -0.39 is 8.07 Å². The summed E-state index contributed by atoms with van der Waals surface area (Å²) in [6.07, 6.45) is 0. The fraction of sp³-hybridized carbons (Fsp3) is 0. The maximum Gasteiger partial charge on any atom is 0.180 e. The van der Waals surface area contributed by atoms with Gasteiger partial charge in [-0.25, -0.2) is 0 Å². The van der Waals surface area contributed by atoms with E-state index >= 15 is 0 Å². The van der Waals surface area contributed by atoms with E-state index in [1.807, 2.05) is 6.07 Å². The average Bonchev–Trinajstić information content (AvgIpc) is 3.00. The van der Waals surface area contributed by atoms with Crippen LogP contribution in [-0.2, 0) is 0 Å². The number of nitrogen functional groups attached to an aromatic ring is 1. The molecule has 2 heteroatoms. The highest BCUT2D eigenvalue weighted by Crippen LogP contribution is 2.28. The second-order valence-corrected chi connectivity index (χ2v) is 10.6. The van der Waals surface area contributed by atoms with Crippen LogP contribution < -0.4 is 26.5 Å². The molecule has 0 fully saturated rings. The van der Waals surface area contributed by atoms with Crippen molar-refractivity contribution in [3.05, 3.63) is 103 Å². The van der Waals surface area contributed by atoms with Crippen molar-refractivity contribution in [2.24, 2.45) is 0 Å². The van der Waals surface area contributed by atoms with Gasteiger partial charge < -0.3 is 5.73 Å². The van der Waals surface area contributed by atoms with Gasteiger partial charge in [0.05, 0.1) is 0 Å². The predicted octanol–water partition coefficient (Wildman–Crippen LogP) is 2.63. The SMILES string of the molecule is Nc1cccc([Si]2(c3ccccc3)c3ccccc3-c3ccccc32)c1. The molecule has 0 bridgehead atoms. The third kappa shape index (κ3) is 1.96. The summed E-state index contributed by atoms with van der Waals surface area (Å²) in [5.74, 6) is 0. The summed E-state index contributed by atoms with van der Waals surface area (Å²) in [5.41, 5.74) is 9.78. The quantitative estimate of drug-likeness (QED) is 0.385. The molecule has 4 aromatic carbocycles. The highest BCUT2D eigenvalue weighted by atomic mass is 28.3. The Hall–Kier alpha value is -3.10. The van der Waals surface area contributed by atoms with Crippen molar-refractivity contribution in [2.45, 2.75) is 0 Å². The Morgan fingerprint density at radius 1 is 0.500 bits per heavy atom. The number of nitrogens with two attached hydrogens (primary N) is 1. The third-order valence-corrected chi connectivity index (χ3v) is 10.3. The van der Waals surface area contributed by atoms with Gasteiger partial charge in [-0.2, -0.15) is 0 Å². The minimum atomic E-state index is -2.34. The van der Waals surface area contributed by atoms with Crippen LogP contribution in [0.4, 0.5) is 5.69 Å². The molecule has 0 radical (unpaired) electrons. The molecule has 5 rings (SSSR count). The lowest BCUT2D eigenvalue weighted by molar-refractivity contribution is 1.69. The molecule has 0 aliphatic carbocycles. The lowest BCUT2D eigenvalue weighted by Crippen LogP contribution is -2.72. The van der Waals surface area contributed by atoms with Crippen molar-refractivity contribution >= 4 is 34.5 Å². The monoisotopic (exact) mass is 349 g/mol. The first-order chi connectivity index (χ1) is 12.8. The Morgan fingerprint density at radius 2 is 1.04 bits per heavy atom. The van der Waals surface area contributed by atoms with Crippen LogP contribution in [0, 0.1) is 0 Å². The maximum atomic E-state index is 6.23. The minimum Gasteiger partial charge on any atom is -0.399 e. The largest absolute Gasteiger partial charge is 0.399 e. The van der Waals surface area contributed by atoms with E-state index in [9.17, 15) is 0 Å². The first kappa shape index (κ1) is 15.2. The zero-order valence-corrected chi connectivity index (χ0v) is 15.4. The van der Waals surface area contributed by atoms with Gasteiger partial charge in [-0.05, 0) is 44.0 Å². The Kier molecular flexibility index (Phi) is 3.34. The smallest absolute Gasteiger partial charge is 0.180 e. The van der Waals surface area contributed by atoms with Crippen LogP contribution >= 0.6 is 0 Å². The van der Waals surface area contributed by atoms with Crippen molar-refractivity contribution in [1.29, 1.82) is 0 Å². The highest BCUT2D eigenvalue weighted by Gasteiger charge is 2.48. The van der Waals surface area contributed by atoms with E-state index in [0.717, 1.165) is 5.69 Å². The number of fused-ring (bicyclic) bond motifs is 3. The molecule has 1 aliphatic rings. The van der Waals surface area contributed by atoms with Gasteiger partial charge in [0.2, 0.25) is 0 Å². The average molecular weight is 350 g/mol. The van der Waals surface area contributed by atoms with Crippen LogP contribution in [0.3, 0.4) is 0 Å². The van der Waals surface area contributed by atoms with Gasteiger partial charge in [0, 0.05) is 5.69 Å². The summed E-state index contributed by atoms with van der Waals surface area (Å²) in [6, 6.07) is 37.3. The number of benzene rings is 4. The summed E-state index contributed by atoms with van der Waals surface area (Å²) in [5, 5.41) is 5.67. The van der Waals surface area contributed by atoms with E-state index in [2.05, 4.69) is 97.1 Å². The minimum absolute atomic E-state index is 0.826. The normalized spacial score (nSPS) is 13.8. The molecule has 0 atom stereocenters. The van der Waals surface area contributed by atoms with Crippen LogP contribution in [0.15, 0.2) is 103 Å². The molecule has 0 amide bonds. The molecule has 1 nitrogen and oxygen atoms in total. The van der Waals surface area contributed by atoms with Crippen LogP contribution in [0.25, 0.3) is 11.1 Å². The first-order valence-corrected chi connectivity index (χ1v) is 10.9. The molecular formula is C24H19NSi. The topological polar surface area (TPSA) is 26.0 Å². The number of hydrogen-bond acceptors (Lipinski definition) is 1. The molecule has 4 aromatic rings. The molecule has 0 saturated heterocycles. The molecule has 26 heavy (non-hydrogen) atoms. The zero-order chi connectivity index (χ0) is 17.6. The fourth-order valence-corrected chi connectivity index (χ4v) is 9.71. The number of anilines is 1. The number of rotatable bonds is 2. The second-order valence-electron chi connectivity index (χ2n) is 6.83. The van der Waals surface area contributed by atoms with Gasteiger partial charge in [-0.15, -0.1) is 0 Å². The molecule has 2 N–H and O–H groups in total. The van der Waals surface area contributed by atoms with E-state index in [-0.39, 0.29) is 0 Å². The van der Waals surface area contributed by atoms with Gasteiger partial charge in [0.1, 0.15) is 0 Å². The van der Waals surface area contributed by atoms with Crippen molar-refractivity contribution in [3.63, 3.8) is 0 Å². The highest BCUT2D eigenvalue weighted by molar-refractivity contribution is 7.22. The predicted molar refractivity (Wildman–Crippen MR) is 113 cm³/mol. The molecule has 0 aromatic heterocycles. The molecule has 0 spiro atoms. The summed E-state index contributed by atoms with van der Waals surface area (Å²) < 4.78 is 0. The van der Waals surface area contributed by atoms with Crippen LogP contribution in [0.2, 0.25) is 0 Å². The van der Waals surface area contributed by atoms with Crippen LogP contribution in [0.1, 0.15) is 0 Å². The van der Waals surface area contributed by atoms with Crippen molar-refractivity contribution < 1.29 is 0 Å². The molecular weight excluding hydrogens is 330 g/mol. The first-order valence-electron chi connectivity index (χ1n) is 8.93. The summed E-state index contributed by atoms with van der Waals surface area (Å²) >= 11 is 0. The fourth-order valence-electron chi connectivity index (χ4n) is 4.48. The zero-order valence-electron chi connectivity index (χ0n) is 14.4. The van der Waals surface area contributed by atoms with Gasteiger partial charge in [-0.1, -0.05) is 91.0 Å². The molecule has 1 aliphatic heterocycles. The lowest BCUT2D eigenvalue weighted by atomic mass is 10.1. The summed E-state index contributed by atoms with van der Waals surface area (Å²) in [6.45, 7) is 0. The summed E-state index contributed by atoms with van der Waals surface area (Å²) in [7, 11) is -2.34. The standard InChI is InChI=1S/C24H19NSi/c25-18-9-8-12-20(17-18)26(19-10-2-1-3-11-19)23-15-6-4-13-21(23)22-14-5-7-16-24(22)26/h1-17H,25H2. The summed E-state index contributed by atoms with van der Waals surface area (Å²) in [4.78, 5) is 0. The van der Waals surface area contributed by atoms with Crippen molar-refractivity contribution in [1.82, 2.24) is 0 Å². The third-order valence-electron chi connectivity index (χ3n) is 5.48. The van der Waals surface area contributed by atoms with Crippen LogP contribution in [0.5, 0.6) is 0 Å². The Morgan fingerprint density at radius 3 is 1.65 bits per heavy atom. The van der Waals surface area contributed by atoms with Gasteiger partial charge >= 0.3 is 0 Å². The van der Waals surface area contributed by atoms with Crippen molar-refractivity contribution in [3.8, 4) is 11.1 Å². The maximum absolute atomic E-state index is 6.23. The molecule has 124 valence electrons. The van der Waals surface area contributed by atoms with E-state index in [1.165, 1.54) is 31.9 Å². The van der Waals surface area contributed by atoms with E-state index in [1.54, 1.807) is 0 Å². The Bertz CT molecular complexity index is 1060. The van der Waals surface area contributed by atoms with Gasteiger partial charge in [0.25, 0.3) is 0 Å². The number of hydrogen-bond donors (Lipinski definition) is 1. The Labute approximate surface area is 154 Å². The van der Waals surface area contributed by atoms with Crippen molar-refractivity contribution in [2.75, 3.05) is 5.73 Å². The molecule has 1 heterocycles. The second kappa shape index (κ2) is 5.72.